The van der Waals surface area contributed by atoms with Crippen LogP contribution in [0.5, 0.6) is 0 Å². The number of fused-ring (bicyclic) bond motifs is 1. The van der Waals surface area contributed by atoms with E-state index in [1.54, 1.807) is 11.1 Å². The van der Waals surface area contributed by atoms with Gasteiger partial charge in [-0.15, -0.1) is 0 Å². The van der Waals surface area contributed by atoms with E-state index < -0.39 is 6.10 Å². The number of urea groups is 1. The lowest BCUT2D eigenvalue weighted by Gasteiger charge is -2.37. The largest absolute Gasteiger partial charge is 0.391 e. The van der Waals surface area contributed by atoms with Crippen LogP contribution in [0.1, 0.15) is 12.0 Å². The molecular weight excluding hydrogens is 316 g/mol. The normalized spacial score (nSPS) is 20.9. The summed E-state index contributed by atoms with van der Waals surface area (Å²) in [4.78, 5) is 20.6. The van der Waals surface area contributed by atoms with Crippen molar-refractivity contribution in [3.8, 4) is 0 Å². The Morgan fingerprint density at radius 3 is 2.96 bits per heavy atom. The van der Waals surface area contributed by atoms with Gasteiger partial charge in [-0.3, -0.25) is 4.98 Å². The molecule has 2 amide bonds. The van der Waals surface area contributed by atoms with Crippen molar-refractivity contribution >= 4 is 16.9 Å². The Morgan fingerprint density at radius 2 is 2.20 bits per heavy atom. The van der Waals surface area contributed by atoms with Crippen molar-refractivity contribution in [2.75, 3.05) is 33.7 Å². The molecule has 2 N–H and O–H groups in total. The Morgan fingerprint density at radius 1 is 1.40 bits per heavy atom. The zero-order valence-electron chi connectivity index (χ0n) is 14.9. The van der Waals surface area contributed by atoms with Crippen molar-refractivity contribution in [3.63, 3.8) is 0 Å². The van der Waals surface area contributed by atoms with Crippen LogP contribution in [0.2, 0.25) is 0 Å². The third-order valence-electron chi connectivity index (χ3n) is 4.70. The van der Waals surface area contributed by atoms with Gasteiger partial charge in [-0.05, 0) is 38.2 Å². The van der Waals surface area contributed by atoms with Crippen molar-refractivity contribution in [1.29, 1.82) is 0 Å². The maximum absolute atomic E-state index is 12.4. The van der Waals surface area contributed by atoms with E-state index in [0.717, 1.165) is 29.4 Å². The number of carbonyl (C=O) groups is 1. The van der Waals surface area contributed by atoms with Gasteiger partial charge in [0.05, 0.1) is 11.6 Å². The number of hydrogen-bond acceptors (Lipinski definition) is 4. The molecule has 1 aliphatic rings. The molecule has 0 spiro atoms. The van der Waals surface area contributed by atoms with E-state index in [1.807, 2.05) is 44.4 Å². The molecule has 2 atom stereocenters. The molecule has 1 aromatic heterocycles. The maximum Gasteiger partial charge on any atom is 0.317 e. The maximum atomic E-state index is 12.4. The lowest BCUT2D eigenvalue weighted by molar-refractivity contribution is 0.0254. The second kappa shape index (κ2) is 7.80. The number of aromatic nitrogens is 1. The summed E-state index contributed by atoms with van der Waals surface area (Å²) < 4.78 is 0. The smallest absolute Gasteiger partial charge is 0.317 e. The number of nitrogens with one attached hydrogen (secondary N) is 1. The molecule has 1 aliphatic heterocycles. The fraction of sp³-hybridized carbons (Fsp3) is 0.474. The number of amides is 2. The van der Waals surface area contributed by atoms with E-state index >= 15 is 0 Å². The molecule has 2 heterocycles. The number of hydrogen-bond donors (Lipinski definition) is 2. The van der Waals surface area contributed by atoms with Gasteiger partial charge in [0.25, 0.3) is 0 Å². The zero-order valence-corrected chi connectivity index (χ0v) is 14.9. The number of aliphatic hydroxyl groups excluding tert-OH is 1. The van der Waals surface area contributed by atoms with E-state index in [-0.39, 0.29) is 11.9 Å². The van der Waals surface area contributed by atoms with Crippen LogP contribution in [0.15, 0.2) is 36.5 Å². The van der Waals surface area contributed by atoms with E-state index in [9.17, 15) is 9.90 Å². The quantitative estimate of drug-likeness (QED) is 0.887. The highest BCUT2D eigenvalue weighted by atomic mass is 16.3. The standard InChI is InChI=1S/C19H26N4O2/c1-22(2)12-16-7-8-23(13-18(16)24)19(25)21-11-14-9-15-5-3-4-6-17(15)20-10-14/h3-6,9-10,16,18,24H,7-8,11-13H2,1-2H3,(H,21,25). The minimum absolute atomic E-state index is 0.129. The third kappa shape index (κ3) is 4.46. The molecule has 3 rings (SSSR count). The highest BCUT2D eigenvalue weighted by molar-refractivity contribution is 5.79. The minimum Gasteiger partial charge on any atom is -0.391 e. The first-order chi connectivity index (χ1) is 12.0. The van der Waals surface area contributed by atoms with Gasteiger partial charge >= 0.3 is 6.03 Å². The van der Waals surface area contributed by atoms with E-state index in [4.69, 9.17) is 0 Å². The topological polar surface area (TPSA) is 68.7 Å². The van der Waals surface area contributed by atoms with Gasteiger partial charge in [0.2, 0.25) is 0 Å². The number of carbonyl (C=O) groups excluding carboxylic acids is 1. The average Bonchev–Trinajstić information content (AvgIpc) is 2.61. The van der Waals surface area contributed by atoms with Crippen molar-refractivity contribution in [2.45, 2.75) is 19.1 Å². The van der Waals surface area contributed by atoms with Gasteiger partial charge in [-0.2, -0.15) is 0 Å². The second-order valence-electron chi connectivity index (χ2n) is 7.02. The number of benzene rings is 1. The Bertz CT molecular complexity index is 734. The summed E-state index contributed by atoms with van der Waals surface area (Å²) in [5.41, 5.74) is 1.92. The van der Waals surface area contributed by atoms with Crippen LogP contribution in [0.25, 0.3) is 10.9 Å². The summed E-state index contributed by atoms with van der Waals surface area (Å²) in [5, 5.41) is 14.3. The number of nitrogens with zero attached hydrogens (tertiary/aromatic N) is 3. The molecule has 1 aromatic carbocycles. The molecule has 0 saturated carbocycles. The fourth-order valence-electron chi connectivity index (χ4n) is 3.35. The molecule has 6 heteroatoms. The van der Waals surface area contributed by atoms with Crippen molar-refractivity contribution in [1.82, 2.24) is 20.1 Å². The summed E-state index contributed by atoms with van der Waals surface area (Å²) in [6.45, 7) is 2.35. The van der Waals surface area contributed by atoms with Crippen LogP contribution in [0.3, 0.4) is 0 Å². The molecule has 6 nitrogen and oxygen atoms in total. The van der Waals surface area contributed by atoms with E-state index in [0.29, 0.717) is 19.6 Å². The highest BCUT2D eigenvalue weighted by Crippen LogP contribution is 2.19. The Hall–Kier alpha value is -2.18. The highest BCUT2D eigenvalue weighted by Gasteiger charge is 2.30. The second-order valence-corrected chi connectivity index (χ2v) is 7.02. The van der Waals surface area contributed by atoms with Gasteiger partial charge in [0.1, 0.15) is 0 Å². The molecule has 0 bridgehead atoms. The van der Waals surface area contributed by atoms with E-state index in [1.165, 1.54) is 0 Å². The summed E-state index contributed by atoms with van der Waals surface area (Å²) in [5.74, 6) is 0.226. The summed E-state index contributed by atoms with van der Waals surface area (Å²) in [6, 6.07) is 9.83. The predicted molar refractivity (Wildman–Crippen MR) is 98.2 cm³/mol. The molecule has 1 fully saturated rings. The van der Waals surface area contributed by atoms with Gasteiger partial charge in [0.15, 0.2) is 0 Å². The van der Waals surface area contributed by atoms with Crippen LogP contribution in [0, 0.1) is 5.92 Å². The minimum atomic E-state index is -0.468. The van der Waals surface area contributed by atoms with Crippen molar-refractivity contribution in [3.05, 3.63) is 42.1 Å². The molecule has 2 aromatic rings. The summed E-state index contributed by atoms with van der Waals surface area (Å²) in [6.07, 6.45) is 2.15. The zero-order chi connectivity index (χ0) is 17.8. The molecule has 0 radical (unpaired) electrons. The molecule has 134 valence electrons. The van der Waals surface area contributed by atoms with Crippen LogP contribution in [0.4, 0.5) is 4.79 Å². The van der Waals surface area contributed by atoms with Gasteiger partial charge in [-0.25, -0.2) is 4.79 Å². The lowest BCUT2D eigenvalue weighted by Crippen LogP contribution is -2.51. The van der Waals surface area contributed by atoms with E-state index in [2.05, 4.69) is 15.2 Å². The number of aliphatic hydroxyl groups is 1. The molecule has 2 unspecified atom stereocenters. The predicted octanol–water partition coefficient (Wildman–Crippen LogP) is 1.69. The number of rotatable bonds is 4. The van der Waals surface area contributed by atoms with Crippen molar-refractivity contribution in [2.24, 2.45) is 5.92 Å². The molecular formula is C19H26N4O2. The Balaban J connectivity index is 1.54. The third-order valence-corrected chi connectivity index (χ3v) is 4.70. The first kappa shape index (κ1) is 17.6. The summed E-state index contributed by atoms with van der Waals surface area (Å²) in [7, 11) is 4.01. The van der Waals surface area contributed by atoms with Crippen molar-refractivity contribution < 1.29 is 9.90 Å². The number of β-amino-alcohol motifs (C(OH)–C–C–N with tert-alkyl or cyclic N) is 1. The van der Waals surface area contributed by atoms with Crippen LogP contribution < -0.4 is 5.32 Å². The van der Waals surface area contributed by atoms with Gasteiger partial charge in [0, 0.05) is 43.7 Å². The van der Waals surface area contributed by atoms with Gasteiger partial charge < -0.3 is 20.2 Å². The first-order valence-corrected chi connectivity index (χ1v) is 8.72. The van der Waals surface area contributed by atoms with Crippen LogP contribution >= 0.6 is 0 Å². The molecule has 25 heavy (non-hydrogen) atoms. The van der Waals surface area contributed by atoms with Crippen LogP contribution in [-0.2, 0) is 6.54 Å². The molecule has 0 aliphatic carbocycles. The summed E-state index contributed by atoms with van der Waals surface area (Å²) >= 11 is 0. The van der Waals surface area contributed by atoms with Crippen LogP contribution in [-0.4, -0.2) is 65.8 Å². The molecule has 1 saturated heterocycles. The Kier molecular flexibility index (Phi) is 5.50. The number of piperidine rings is 1. The first-order valence-electron chi connectivity index (χ1n) is 8.72. The SMILES string of the molecule is CN(C)CC1CCN(C(=O)NCc2cnc3ccccc3c2)CC1O. The number of likely N-dealkylation sites (tertiary alicyclic amines) is 1. The monoisotopic (exact) mass is 342 g/mol. The Labute approximate surface area is 148 Å². The number of pyridine rings is 1. The average molecular weight is 342 g/mol. The lowest BCUT2D eigenvalue weighted by atomic mass is 9.93. The van der Waals surface area contributed by atoms with Gasteiger partial charge in [-0.1, -0.05) is 18.2 Å². The number of para-hydroxylation sites is 1. The fourth-order valence-corrected chi connectivity index (χ4v) is 3.35.